The van der Waals surface area contributed by atoms with E-state index in [4.69, 9.17) is 5.84 Å². The molecule has 20 heavy (non-hydrogen) atoms. The maximum atomic E-state index is 5.51. The van der Waals surface area contributed by atoms with Crippen LogP contribution in [0.2, 0.25) is 0 Å². The lowest BCUT2D eigenvalue weighted by molar-refractivity contribution is 0.568. The van der Waals surface area contributed by atoms with Crippen LogP contribution in [0.25, 0.3) is 11.4 Å². The van der Waals surface area contributed by atoms with Crippen molar-refractivity contribution in [2.45, 2.75) is 31.1 Å². The summed E-state index contributed by atoms with van der Waals surface area (Å²) in [6.45, 7) is 6.36. The van der Waals surface area contributed by atoms with Gasteiger partial charge in [-0.25, -0.2) is 15.8 Å². The van der Waals surface area contributed by atoms with Crippen LogP contribution in [0, 0.1) is 0 Å². The number of nitrogens with zero attached hydrogens (tertiary/aromatic N) is 2. The average Bonchev–Trinajstić information content (AvgIpc) is 2.46. The summed E-state index contributed by atoms with van der Waals surface area (Å²) in [7, 11) is 0. The molecule has 0 saturated heterocycles. The number of nitrogen functional groups attached to an aromatic ring is 1. The molecular formula is C15H20N4S. The molecule has 0 radical (unpaired) electrons. The van der Waals surface area contributed by atoms with Crippen molar-refractivity contribution < 1.29 is 0 Å². The molecule has 4 nitrogen and oxygen atoms in total. The fourth-order valence-electron chi connectivity index (χ4n) is 1.77. The molecule has 0 fully saturated rings. The Morgan fingerprint density at radius 3 is 2.25 bits per heavy atom. The van der Waals surface area contributed by atoms with Crippen LogP contribution >= 0.6 is 11.8 Å². The molecule has 3 N–H and O–H groups in total. The molecule has 106 valence electrons. The summed E-state index contributed by atoms with van der Waals surface area (Å²) >= 11 is 1.71. The fourth-order valence-corrected chi connectivity index (χ4v) is 2.18. The van der Waals surface area contributed by atoms with Gasteiger partial charge in [0.15, 0.2) is 5.82 Å². The SMILES string of the molecule is CSc1ccc(-c2nc(NN)cc(C(C)(C)C)n2)cc1. The van der Waals surface area contributed by atoms with Crippen molar-refractivity contribution in [3.05, 3.63) is 36.0 Å². The molecule has 1 aromatic carbocycles. The lowest BCUT2D eigenvalue weighted by atomic mass is 9.92. The van der Waals surface area contributed by atoms with Gasteiger partial charge in [0.05, 0.1) is 5.69 Å². The van der Waals surface area contributed by atoms with E-state index in [0.717, 1.165) is 11.3 Å². The predicted octanol–water partition coefficient (Wildman–Crippen LogP) is 3.45. The Kier molecular flexibility index (Phi) is 4.30. The van der Waals surface area contributed by atoms with Crippen LogP contribution in [0.1, 0.15) is 26.5 Å². The zero-order valence-electron chi connectivity index (χ0n) is 12.3. The molecule has 0 saturated carbocycles. The summed E-state index contributed by atoms with van der Waals surface area (Å²) in [6.07, 6.45) is 2.06. The molecule has 0 bridgehead atoms. The van der Waals surface area contributed by atoms with Gasteiger partial charge in [0.1, 0.15) is 5.82 Å². The van der Waals surface area contributed by atoms with Gasteiger partial charge < -0.3 is 5.43 Å². The molecule has 0 aliphatic carbocycles. The summed E-state index contributed by atoms with van der Waals surface area (Å²) in [5, 5.41) is 0. The molecule has 0 spiro atoms. The Hall–Kier alpha value is -1.59. The van der Waals surface area contributed by atoms with E-state index in [9.17, 15) is 0 Å². The number of hydrogen-bond acceptors (Lipinski definition) is 5. The Balaban J connectivity index is 2.49. The Bertz CT molecular complexity index is 588. The molecule has 2 rings (SSSR count). The van der Waals surface area contributed by atoms with Crippen LogP contribution in [0.4, 0.5) is 5.82 Å². The third kappa shape index (κ3) is 3.29. The van der Waals surface area contributed by atoms with Crippen molar-refractivity contribution in [2.24, 2.45) is 5.84 Å². The van der Waals surface area contributed by atoms with Crippen molar-refractivity contribution in [2.75, 3.05) is 11.7 Å². The average molecular weight is 288 g/mol. The van der Waals surface area contributed by atoms with E-state index < -0.39 is 0 Å². The molecule has 5 heteroatoms. The summed E-state index contributed by atoms with van der Waals surface area (Å²) < 4.78 is 0. The largest absolute Gasteiger partial charge is 0.308 e. The number of anilines is 1. The van der Waals surface area contributed by atoms with Gasteiger partial charge in [0.2, 0.25) is 0 Å². The Morgan fingerprint density at radius 1 is 1.10 bits per heavy atom. The van der Waals surface area contributed by atoms with Gasteiger partial charge in [-0.15, -0.1) is 11.8 Å². The molecule has 1 aromatic heterocycles. The minimum Gasteiger partial charge on any atom is -0.308 e. The van der Waals surface area contributed by atoms with Gasteiger partial charge >= 0.3 is 0 Å². The van der Waals surface area contributed by atoms with Gasteiger partial charge in [-0.1, -0.05) is 32.9 Å². The smallest absolute Gasteiger partial charge is 0.161 e. The van der Waals surface area contributed by atoms with Crippen LogP contribution in [-0.2, 0) is 5.41 Å². The van der Waals surface area contributed by atoms with Crippen LogP contribution in [0.15, 0.2) is 35.2 Å². The number of nitrogens with one attached hydrogen (secondary N) is 1. The van der Waals surface area contributed by atoms with Gasteiger partial charge in [0.25, 0.3) is 0 Å². The second-order valence-corrected chi connectivity index (χ2v) is 6.46. The zero-order valence-corrected chi connectivity index (χ0v) is 13.1. The summed E-state index contributed by atoms with van der Waals surface area (Å²) in [6, 6.07) is 10.1. The number of benzene rings is 1. The standard InChI is InChI=1S/C15H20N4S/c1-15(2,3)12-9-13(19-16)18-14(17-12)10-5-7-11(20-4)8-6-10/h5-9H,16H2,1-4H3,(H,17,18,19). The highest BCUT2D eigenvalue weighted by molar-refractivity contribution is 7.98. The number of nitrogens with two attached hydrogens (primary N) is 1. The quantitative estimate of drug-likeness (QED) is 0.514. The first-order valence-electron chi connectivity index (χ1n) is 6.44. The molecule has 0 unspecified atom stereocenters. The topological polar surface area (TPSA) is 63.8 Å². The van der Waals surface area contributed by atoms with Crippen LogP contribution in [0.3, 0.4) is 0 Å². The van der Waals surface area contributed by atoms with Crippen molar-refractivity contribution in [3.8, 4) is 11.4 Å². The van der Waals surface area contributed by atoms with Crippen molar-refractivity contribution in [1.82, 2.24) is 9.97 Å². The van der Waals surface area contributed by atoms with Crippen LogP contribution in [0.5, 0.6) is 0 Å². The van der Waals surface area contributed by atoms with Crippen molar-refractivity contribution in [1.29, 1.82) is 0 Å². The van der Waals surface area contributed by atoms with E-state index in [-0.39, 0.29) is 5.41 Å². The summed E-state index contributed by atoms with van der Waals surface area (Å²) in [5.41, 5.74) is 4.52. The zero-order chi connectivity index (χ0) is 14.8. The first-order valence-corrected chi connectivity index (χ1v) is 7.67. The first kappa shape index (κ1) is 14.8. The van der Waals surface area contributed by atoms with E-state index >= 15 is 0 Å². The maximum Gasteiger partial charge on any atom is 0.161 e. The summed E-state index contributed by atoms with van der Waals surface area (Å²) in [4.78, 5) is 10.3. The normalized spacial score (nSPS) is 11.4. The molecule has 2 aromatic rings. The van der Waals surface area contributed by atoms with Crippen LogP contribution in [-0.4, -0.2) is 16.2 Å². The molecule has 0 atom stereocenters. The number of aromatic nitrogens is 2. The number of rotatable bonds is 3. The molecular weight excluding hydrogens is 268 g/mol. The van der Waals surface area contributed by atoms with E-state index in [1.807, 2.05) is 18.2 Å². The minimum atomic E-state index is -0.0531. The molecule has 1 heterocycles. The highest BCUT2D eigenvalue weighted by Gasteiger charge is 2.18. The van der Waals surface area contributed by atoms with Crippen molar-refractivity contribution in [3.63, 3.8) is 0 Å². The maximum absolute atomic E-state index is 5.51. The number of hydrogen-bond donors (Lipinski definition) is 2. The number of hydrazine groups is 1. The van der Waals surface area contributed by atoms with Gasteiger partial charge in [0, 0.05) is 21.9 Å². The lowest BCUT2D eigenvalue weighted by Gasteiger charge is -2.19. The third-order valence-corrected chi connectivity index (χ3v) is 3.73. The highest BCUT2D eigenvalue weighted by atomic mass is 32.2. The van der Waals surface area contributed by atoms with Gasteiger partial charge in [-0.3, -0.25) is 0 Å². The Labute approximate surface area is 124 Å². The minimum absolute atomic E-state index is 0.0531. The monoisotopic (exact) mass is 288 g/mol. The first-order chi connectivity index (χ1) is 9.44. The lowest BCUT2D eigenvalue weighted by Crippen LogP contribution is -2.17. The fraction of sp³-hybridized carbons (Fsp3) is 0.333. The second kappa shape index (κ2) is 5.81. The highest BCUT2D eigenvalue weighted by Crippen LogP contribution is 2.26. The van der Waals surface area contributed by atoms with E-state index in [2.05, 4.69) is 54.6 Å². The Morgan fingerprint density at radius 2 is 1.75 bits per heavy atom. The van der Waals surface area contributed by atoms with E-state index in [0.29, 0.717) is 11.6 Å². The third-order valence-electron chi connectivity index (χ3n) is 2.99. The van der Waals surface area contributed by atoms with E-state index in [1.165, 1.54) is 4.90 Å². The van der Waals surface area contributed by atoms with Gasteiger partial charge in [-0.05, 0) is 18.4 Å². The predicted molar refractivity (Wildman–Crippen MR) is 85.8 cm³/mol. The molecule has 0 amide bonds. The van der Waals surface area contributed by atoms with E-state index in [1.54, 1.807) is 11.8 Å². The molecule has 0 aliphatic heterocycles. The van der Waals surface area contributed by atoms with Crippen LogP contribution < -0.4 is 11.3 Å². The molecule has 0 aliphatic rings. The number of thioether (sulfide) groups is 1. The summed E-state index contributed by atoms with van der Waals surface area (Å²) in [5.74, 6) is 6.84. The second-order valence-electron chi connectivity index (χ2n) is 5.58. The van der Waals surface area contributed by atoms with Gasteiger partial charge in [-0.2, -0.15) is 0 Å². The van der Waals surface area contributed by atoms with Crippen molar-refractivity contribution >= 4 is 17.6 Å².